The highest BCUT2D eigenvalue weighted by Gasteiger charge is 2.12. The molecule has 4 heteroatoms. The summed E-state index contributed by atoms with van der Waals surface area (Å²) in [7, 11) is 0. The van der Waals surface area contributed by atoms with E-state index in [9.17, 15) is 0 Å². The first-order valence-electron chi connectivity index (χ1n) is 5.36. The fourth-order valence-corrected chi connectivity index (χ4v) is 4.04. The van der Waals surface area contributed by atoms with Gasteiger partial charge in [-0.1, -0.05) is 11.6 Å². The first-order chi connectivity index (χ1) is 7.34. The lowest BCUT2D eigenvalue weighted by molar-refractivity contribution is 0.449. The van der Waals surface area contributed by atoms with Crippen molar-refractivity contribution in [2.45, 2.75) is 19.4 Å². The van der Waals surface area contributed by atoms with Crippen molar-refractivity contribution in [2.24, 2.45) is 5.92 Å². The average Bonchev–Trinajstić information content (AvgIpc) is 2.66. The SMILES string of the molecule is Clc1csc(CNCC2CCSCC2)c1. The molecule has 1 nitrogen and oxygen atoms in total. The first kappa shape index (κ1) is 11.8. The lowest BCUT2D eigenvalue weighted by Crippen LogP contribution is -2.25. The van der Waals surface area contributed by atoms with E-state index in [1.54, 1.807) is 11.3 Å². The summed E-state index contributed by atoms with van der Waals surface area (Å²) in [5.74, 6) is 3.58. The molecule has 0 aliphatic carbocycles. The molecule has 1 N–H and O–H groups in total. The van der Waals surface area contributed by atoms with Gasteiger partial charge in [0, 0.05) is 16.8 Å². The molecule has 0 amide bonds. The Balaban J connectivity index is 1.65. The molecule has 15 heavy (non-hydrogen) atoms. The van der Waals surface area contributed by atoms with Crippen LogP contribution in [-0.4, -0.2) is 18.1 Å². The summed E-state index contributed by atoms with van der Waals surface area (Å²) in [6, 6.07) is 2.05. The van der Waals surface area contributed by atoms with Crippen molar-refractivity contribution in [3.63, 3.8) is 0 Å². The molecule has 1 fully saturated rings. The van der Waals surface area contributed by atoms with Gasteiger partial charge in [0.1, 0.15) is 0 Å². The molecule has 1 aliphatic heterocycles. The smallest absolute Gasteiger partial charge is 0.0516 e. The third-order valence-corrected chi connectivity index (χ3v) is 5.03. The molecule has 1 aliphatic rings. The number of thiophene rings is 1. The zero-order valence-electron chi connectivity index (χ0n) is 8.67. The molecular weight excluding hydrogens is 246 g/mol. The number of halogens is 1. The van der Waals surface area contributed by atoms with Crippen LogP contribution >= 0.6 is 34.7 Å². The van der Waals surface area contributed by atoms with Gasteiger partial charge in [-0.25, -0.2) is 0 Å². The minimum Gasteiger partial charge on any atom is -0.312 e. The summed E-state index contributed by atoms with van der Waals surface area (Å²) in [5, 5.41) is 6.39. The lowest BCUT2D eigenvalue weighted by Gasteiger charge is -2.21. The Morgan fingerprint density at radius 1 is 1.40 bits per heavy atom. The Labute approximate surface area is 105 Å². The summed E-state index contributed by atoms with van der Waals surface area (Å²) in [6.45, 7) is 2.14. The monoisotopic (exact) mass is 261 g/mol. The Kier molecular flexibility index (Phi) is 4.82. The molecule has 2 heterocycles. The molecule has 1 aromatic heterocycles. The van der Waals surface area contributed by atoms with E-state index in [0.717, 1.165) is 24.0 Å². The molecule has 84 valence electrons. The third-order valence-electron chi connectivity index (χ3n) is 2.69. The maximum atomic E-state index is 5.87. The van der Waals surface area contributed by atoms with E-state index in [4.69, 9.17) is 11.6 Å². The summed E-state index contributed by atoms with van der Waals surface area (Å²) in [6.07, 6.45) is 2.76. The van der Waals surface area contributed by atoms with Crippen LogP contribution < -0.4 is 5.32 Å². The van der Waals surface area contributed by atoms with Crippen molar-refractivity contribution in [2.75, 3.05) is 18.1 Å². The second kappa shape index (κ2) is 6.14. The fraction of sp³-hybridized carbons (Fsp3) is 0.636. The molecule has 0 radical (unpaired) electrons. The zero-order chi connectivity index (χ0) is 10.5. The van der Waals surface area contributed by atoms with E-state index >= 15 is 0 Å². The van der Waals surface area contributed by atoms with Crippen LogP contribution in [-0.2, 0) is 6.54 Å². The van der Waals surface area contributed by atoms with Crippen molar-refractivity contribution >= 4 is 34.7 Å². The van der Waals surface area contributed by atoms with Gasteiger partial charge in [0.25, 0.3) is 0 Å². The second-order valence-electron chi connectivity index (χ2n) is 3.92. The van der Waals surface area contributed by atoms with Crippen LogP contribution in [0.3, 0.4) is 0 Å². The molecule has 0 atom stereocenters. The van der Waals surface area contributed by atoms with E-state index in [0.29, 0.717) is 0 Å². The summed E-state index contributed by atoms with van der Waals surface area (Å²) < 4.78 is 0. The highest BCUT2D eigenvalue weighted by Crippen LogP contribution is 2.22. The predicted octanol–water partition coefficient (Wildman–Crippen LogP) is 3.63. The lowest BCUT2D eigenvalue weighted by atomic mass is 10.0. The summed E-state index contributed by atoms with van der Waals surface area (Å²) in [4.78, 5) is 1.34. The largest absolute Gasteiger partial charge is 0.312 e. The van der Waals surface area contributed by atoms with Gasteiger partial charge in [0.05, 0.1) is 5.02 Å². The van der Waals surface area contributed by atoms with Crippen LogP contribution in [0.25, 0.3) is 0 Å². The van der Waals surface area contributed by atoms with Crippen LogP contribution in [0, 0.1) is 5.92 Å². The van der Waals surface area contributed by atoms with Crippen molar-refractivity contribution in [1.29, 1.82) is 0 Å². The Bertz CT molecular complexity index is 295. The molecule has 0 spiro atoms. The normalized spacial score (nSPS) is 18.2. The van der Waals surface area contributed by atoms with E-state index in [1.807, 2.05) is 5.38 Å². The molecule has 1 saturated heterocycles. The van der Waals surface area contributed by atoms with Crippen LogP contribution in [0.4, 0.5) is 0 Å². The van der Waals surface area contributed by atoms with Gasteiger partial charge in [0.2, 0.25) is 0 Å². The third kappa shape index (κ3) is 3.99. The topological polar surface area (TPSA) is 12.0 Å². The van der Waals surface area contributed by atoms with Crippen molar-refractivity contribution in [3.05, 3.63) is 21.3 Å². The van der Waals surface area contributed by atoms with Gasteiger partial charge in [-0.3, -0.25) is 0 Å². The van der Waals surface area contributed by atoms with Crippen molar-refractivity contribution in [1.82, 2.24) is 5.32 Å². The summed E-state index contributed by atoms with van der Waals surface area (Å²) in [5.41, 5.74) is 0. The average molecular weight is 262 g/mol. The maximum Gasteiger partial charge on any atom is 0.0516 e. The summed E-state index contributed by atoms with van der Waals surface area (Å²) >= 11 is 9.69. The number of nitrogens with one attached hydrogen (secondary N) is 1. The fourth-order valence-electron chi connectivity index (χ4n) is 1.80. The first-order valence-corrected chi connectivity index (χ1v) is 7.77. The van der Waals surface area contributed by atoms with E-state index < -0.39 is 0 Å². The minimum absolute atomic E-state index is 0.867. The Morgan fingerprint density at radius 3 is 2.87 bits per heavy atom. The van der Waals surface area contributed by atoms with Gasteiger partial charge >= 0.3 is 0 Å². The van der Waals surface area contributed by atoms with Crippen LogP contribution in [0.5, 0.6) is 0 Å². The highest BCUT2D eigenvalue weighted by atomic mass is 35.5. The molecule has 0 aromatic carbocycles. The quantitative estimate of drug-likeness (QED) is 0.888. The van der Waals surface area contributed by atoms with E-state index in [2.05, 4.69) is 23.1 Å². The van der Waals surface area contributed by atoms with Crippen LogP contribution in [0.1, 0.15) is 17.7 Å². The van der Waals surface area contributed by atoms with Gasteiger partial charge < -0.3 is 5.32 Å². The van der Waals surface area contributed by atoms with Gasteiger partial charge in [-0.05, 0) is 42.9 Å². The number of hydrogen-bond donors (Lipinski definition) is 1. The predicted molar refractivity (Wildman–Crippen MR) is 71.1 cm³/mol. The van der Waals surface area contributed by atoms with Gasteiger partial charge in [-0.2, -0.15) is 11.8 Å². The number of thioether (sulfide) groups is 1. The van der Waals surface area contributed by atoms with Crippen molar-refractivity contribution in [3.8, 4) is 0 Å². The number of hydrogen-bond acceptors (Lipinski definition) is 3. The standard InChI is InChI=1S/C11H16ClNS2/c12-10-5-11(15-8-10)7-13-6-9-1-3-14-4-2-9/h5,8-9,13H,1-4,6-7H2. The second-order valence-corrected chi connectivity index (χ2v) is 6.57. The van der Waals surface area contributed by atoms with E-state index in [1.165, 1.54) is 29.2 Å². The molecule has 0 bridgehead atoms. The molecule has 1 aromatic rings. The zero-order valence-corrected chi connectivity index (χ0v) is 11.1. The molecular formula is C11H16ClNS2. The van der Waals surface area contributed by atoms with Crippen LogP contribution in [0.2, 0.25) is 5.02 Å². The minimum atomic E-state index is 0.867. The number of rotatable bonds is 4. The van der Waals surface area contributed by atoms with E-state index in [-0.39, 0.29) is 0 Å². The van der Waals surface area contributed by atoms with Crippen LogP contribution in [0.15, 0.2) is 11.4 Å². The van der Waals surface area contributed by atoms with Gasteiger partial charge in [-0.15, -0.1) is 11.3 Å². The Hall–Kier alpha value is 0.300. The maximum absolute atomic E-state index is 5.87. The molecule has 0 saturated carbocycles. The molecule has 0 unspecified atom stereocenters. The Morgan fingerprint density at radius 2 is 2.20 bits per heavy atom. The molecule has 2 rings (SSSR count). The highest BCUT2D eigenvalue weighted by molar-refractivity contribution is 7.99. The van der Waals surface area contributed by atoms with Crippen molar-refractivity contribution < 1.29 is 0 Å². The van der Waals surface area contributed by atoms with Gasteiger partial charge in [0.15, 0.2) is 0 Å².